The number of nitrogens with zero attached hydrogens (tertiary/aromatic N) is 1. The third kappa shape index (κ3) is 5.41. The first-order valence-electron chi connectivity index (χ1n) is 12.4. The molecule has 0 spiro atoms. The Labute approximate surface area is 249 Å². The number of aryl methyl sites for hydroxylation is 2. The van der Waals surface area contributed by atoms with Gasteiger partial charge in [0.1, 0.15) is 8.07 Å². The number of unbranched alkanes of at least 4 members (excludes halogenated alkanes) is 2. The van der Waals surface area contributed by atoms with Gasteiger partial charge in [0.25, 0.3) is 0 Å². The zero-order chi connectivity index (χ0) is 23.2. The van der Waals surface area contributed by atoms with Gasteiger partial charge in [-0.3, -0.25) is 4.99 Å². The average molecular weight is 611 g/mol. The average Bonchev–Trinajstić information content (AvgIpc) is 3.51. The van der Waals surface area contributed by atoms with Gasteiger partial charge in [0.15, 0.2) is 0 Å². The van der Waals surface area contributed by atoms with Gasteiger partial charge in [0, 0.05) is 11.8 Å². The van der Waals surface area contributed by atoms with Crippen molar-refractivity contribution in [2.75, 3.05) is 0 Å². The van der Waals surface area contributed by atoms with Crippen LogP contribution in [-0.2, 0) is 32.6 Å². The van der Waals surface area contributed by atoms with Gasteiger partial charge in [0.05, 0.1) is 5.70 Å². The fourth-order valence-corrected chi connectivity index (χ4v) is 9.79. The van der Waals surface area contributed by atoms with Crippen LogP contribution in [0.25, 0.3) is 21.9 Å². The van der Waals surface area contributed by atoms with Gasteiger partial charge >= 0.3 is 26.2 Å². The molecule has 36 heavy (non-hydrogen) atoms. The molecule has 0 aromatic heterocycles. The van der Waals surface area contributed by atoms with E-state index in [2.05, 4.69) is 99.5 Å². The smallest absolute Gasteiger partial charge is 1.00 e. The number of allylic oxidation sites excluding steroid dienone is 4. The Morgan fingerprint density at radius 2 is 1.64 bits per heavy atom. The summed E-state index contributed by atoms with van der Waals surface area (Å²) in [4.78, 5) is 4.42. The summed E-state index contributed by atoms with van der Waals surface area (Å²) in [5.74, 6) is 0. The quantitative estimate of drug-likeness (QED) is 0.240. The van der Waals surface area contributed by atoms with Crippen molar-refractivity contribution in [3.05, 3.63) is 99.0 Å². The molecule has 0 saturated heterocycles. The SMILES string of the molecule is CC1=C2C3=CC=NC3=C1[Si]2(C)C.CCCCCc1ccc(-c2cccc3[cH-]c(C)cc23)cc1.[Cl-].[Cl-].[Zr+3]. The number of hydrogen-bond acceptors (Lipinski definition) is 1. The molecule has 0 amide bonds. The minimum absolute atomic E-state index is 0. The number of hydrogen-bond donors (Lipinski definition) is 0. The molecule has 0 saturated carbocycles. The summed E-state index contributed by atoms with van der Waals surface area (Å²) >= 11 is 0. The zero-order valence-electron chi connectivity index (χ0n) is 21.9. The van der Waals surface area contributed by atoms with Crippen LogP contribution in [0.2, 0.25) is 13.1 Å². The summed E-state index contributed by atoms with van der Waals surface area (Å²) in [6, 6.07) is 20.3. The minimum Gasteiger partial charge on any atom is -1.00 e. The molecule has 0 fully saturated rings. The van der Waals surface area contributed by atoms with Crippen LogP contribution in [0.15, 0.2) is 92.9 Å². The largest absolute Gasteiger partial charge is 3.00 e. The zero-order valence-corrected chi connectivity index (χ0v) is 26.9. The molecule has 0 N–H and O–H groups in total. The molecule has 0 unspecified atom stereocenters. The van der Waals surface area contributed by atoms with Crippen molar-refractivity contribution in [1.29, 1.82) is 0 Å². The fraction of sp³-hybridized carbons (Fsp3) is 0.290. The first-order valence-corrected chi connectivity index (χ1v) is 15.4. The van der Waals surface area contributed by atoms with Crippen LogP contribution in [0.4, 0.5) is 0 Å². The Morgan fingerprint density at radius 1 is 0.917 bits per heavy atom. The first-order chi connectivity index (χ1) is 15.9. The molecule has 185 valence electrons. The van der Waals surface area contributed by atoms with E-state index in [1.165, 1.54) is 75.6 Å². The van der Waals surface area contributed by atoms with E-state index in [-0.39, 0.29) is 51.0 Å². The molecule has 3 aliphatic heterocycles. The number of rotatable bonds is 5. The molecule has 1 nitrogen and oxygen atoms in total. The van der Waals surface area contributed by atoms with Gasteiger partial charge in [-0.1, -0.05) is 75.7 Å². The summed E-state index contributed by atoms with van der Waals surface area (Å²) in [5.41, 5.74) is 9.75. The Bertz CT molecular complexity index is 1360. The van der Waals surface area contributed by atoms with Crippen LogP contribution in [0.3, 0.4) is 0 Å². The fourth-order valence-electron chi connectivity index (χ4n) is 5.94. The standard InChI is InChI=1S/C21H23.C10H11NSi.2ClH.Zr/c1-3-4-5-7-17-10-12-18(13-11-17)20-9-6-8-19-14-16(2)15-21(19)20;1-6-9-7-4-5-11-8(7)10(6)12(9,2)3;;;/h6,8-15H,3-5,7H2,1-2H3;4-5H,1-3H3;2*1H;/q-1;;;;+3/p-2. The molecule has 5 heteroatoms. The second-order valence-electron chi connectivity index (χ2n) is 10.2. The van der Waals surface area contributed by atoms with E-state index in [0.717, 1.165) is 0 Å². The second kappa shape index (κ2) is 12.4. The topological polar surface area (TPSA) is 12.4 Å². The molecular weight excluding hydrogens is 577 g/mol. The molecule has 3 aromatic carbocycles. The monoisotopic (exact) mass is 608 g/mol. The van der Waals surface area contributed by atoms with Crippen molar-refractivity contribution in [1.82, 2.24) is 0 Å². The Kier molecular flexibility index (Phi) is 10.7. The Hall–Kier alpha value is -1.38. The molecule has 2 bridgehead atoms. The van der Waals surface area contributed by atoms with E-state index >= 15 is 0 Å². The molecule has 3 aromatic rings. The summed E-state index contributed by atoms with van der Waals surface area (Å²) in [7, 11) is -1.13. The Balaban J connectivity index is 0.000000261. The van der Waals surface area contributed by atoms with Crippen LogP contribution >= 0.6 is 0 Å². The van der Waals surface area contributed by atoms with Crippen LogP contribution in [-0.4, -0.2) is 14.3 Å². The predicted octanol–water partition coefficient (Wildman–Crippen LogP) is 2.65. The Morgan fingerprint density at radius 3 is 2.28 bits per heavy atom. The maximum atomic E-state index is 4.42. The predicted molar refractivity (Wildman–Crippen MR) is 147 cm³/mol. The third-order valence-corrected chi connectivity index (χ3v) is 11.2. The van der Waals surface area contributed by atoms with E-state index in [4.69, 9.17) is 0 Å². The van der Waals surface area contributed by atoms with Gasteiger partial charge < -0.3 is 24.8 Å². The van der Waals surface area contributed by atoms with Crippen LogP contribution in [0, 0.1) is 6.92 Å². The first kappa shape index (κ1) is 30.8. The van der Waals surface area contributed by atoms with Gasteiger partial charge in [0.2, 0.25) is 0 Å². The van der Waals surface area contributed by atoms with Gasteiger partial charge in [-0.25, -0.2) is 0 Å². The second-order valence-corrected chi connectivity index (χ2v) is 14.5. The maximum Gasteiger partial charge on any atom is 3.00 e. The van der Waals surface area contributed by atoms with Gasteiger partial charge in [-0.2, -0.15) is 6.07 Å². The van der Waals surface area contributed by atoms with E-state index < -0.39 is 8.07 Å². The number of benzene rings is 2. The van der Waals surface area contributed by atoms with Gasteiger partial charge in [-0.15, -0.1) is 34.5 Å². The summed E-state index contributed by atoms with van der Waals surface area (Å²) in [6.07, 6.45) is 9.22. The molecule has 1 radical (unpaired) electrons. The molecular formula is C31H34Cl2NSiZr. The summed E-state index contributed by atoms with van der Waals surface area (Å²) in [6.45, 7) is 11.5. The summed E-state index contributed by atoms with van der Waals surface area (Å²) in [5, 5.41) is 5.98. The van der Waals surface area contributed by atoms with Crippen LogP contribution in [0.5, 0.6) is 0 Å². The maximum absolute atomic E-state index is 4.42. The van der Waals surface area contributed by atoms with Gasteiger partial charge in [-0.05, 0) is 52.9 Å². The van der Waals surface area contributed by atoms with Crippen molar-refractivity contribution in [3.8, 4) is 11.1 Å². The van der Waals surface area contributed by atoms with Crippen LogP contribution < -0.4 is 24.8 Å². The van der Waals surface area contributed by atoms with Crippen molar-refractivity contribution in [3.63, 3.8) is 0 Å². The number of aliphatic imine (C=N–C) groups is 1. The van der Waals surface area contributed by atoms with Crippen LogP contribution in [0.1, 0.15) is 44.2 Å². The molecule has 3 heterocycles. The van der Waals surface area contributed by atoms with Crippen molar-refractivity contribution in [2.45, 2.75) is 59.5 Å². The van der Waals surface area contributed by atoms with E-state index in [1.807, 2.05) is 6.21 Å². The van der Waals surface area contributed by atoms with Crippen molar-refractivity contribution >= 4 is 25.1 Å². The molecule has 7 rings (SSSR count). The minimum atomic E-state index is -1.13. The van der Waals surface area contributed by atoms with E-state index in [9.17, 15) is 0 Å². The summed E-state index contributed by atoms with van der Waals surface area (Å²) < 4.78 is 0. The molecule has 0 atom stereocenters. The van der Waals surface area contributed by atoms with Crippen molar-refractivity contribution < 1.29 is 51.0 Å². The van der Waals surface area contributed by atoms with E-state index in [0.29, 0.717) is 0 Å². The molecule has 1 aliphatic carbocycles. The third-order valence-electron chi connectivity index (χ3n) is 7.44. The van der Waals surface area contributed by atoms with E-state index in [1.54, 1.807) is 10.4 Å². The molecule has 4 aliphatic rings. The normalized spacial score (nSPS) is 15.8. The number of fused-ring (bicyclic) bond motifs is 1. The number of halogens is 2. The van der Waals surface area contributed by atoms with Crippen molar-refractivity contribution in [2.24, 2.45) is 4.99 Å².